The average Bonchev–Trinajstić information content (AvgIpc) is 3.39. The van der Waals surface area contributed by atoms with E-state index in [-0.39, 0.29) is 10.9 Å². The molecule has 0 spiro atoms. The fourth-order valence-electron chi connectivity index (χ4n) is 6.67. The van der Waals surface area contributed by atoms with E-state index in [2.05, 4.69) is 53.4 Å². The van der Waals surface area contributed by atoms with Crippen molar-refractivity contribution < 1.29 is 13.5 Å². The third-order valence-corrected chi connectivity index (χ3v) is 11.3. The molecule has 3 atom stereocenters. The lowest BCUT2D eigenvalue weighted by molar-refractivity contribution is -0.0318. The van der Waals surface area contributed by atoms with Crippen molar-refractivity contribution in [2.24, 2.45) is 5.92 Å². The second-order valence-electron chi connectivity index (χ2n) is 11.7. The molecule has 40 heavy (non-hydrogen) atoms. The molecule has 3 aromatic carbocycles. The van der Waals surface area contributed by atoms with Crippen LogP contribution in [0.3, 0.4) is 0 Å². The Labute approximate surface area is 244 Å². The Bertz CT molecular complexity index is 1330. The van der Waals surface area contributed by atoms with E-state index in [9.17, 15) is 13.5 Å². The zero-order valence-corrected chi connectivity index (χ0v) is 24.9. The van der Waals surface area contributed by atoms with Gasteiger partial charge >= 0.3 is 0 Å². The number of piperidine rings is 1. The van der Waals surface area contributed by atoms with E-state index in [0.29, 0.717) is 16.9 Å². The van der Waals surface area contributed by atoms with Gasteiger partial charge in [-0.25, -0.2) is 8.42 Å². The molecule has 5 rings (SSSR count). The second kappa shape index (κ2) is 12.7. The van der Waals surface area contributed by atoms with Gasteiger partial charge in [-0.2, -0.15) is 4.31 Å². The largest absolute Gasteiger partial charge is 0.390 e. The maximum Gasteiger partial charge on any atom is 0.243 e. The first-order valence-electron chi connectivity index (χ1n) is 14.5. The van der Waals surface area contributed by atoms with E-state index in [1.807, 2.05) is 12.1 Å². The maximum atomic E-state index is 13.5. The Morgan fingerprint density at radius 2 is 1.55 bits per heavy atom. The number of nitrogens with zero attached hydrogens (tertiary/aromatic N) is 2. The maximum absolute atomic E-state index is 13.5. The summed E-state index contributed by atoms with van der Waals surface area (Å²) in [6.45, 7) is 2.68. The van der Waals surface area contributed by atoms with Crippen LogP contribution in [0.1, 0.15) is 55.6 Å². The molecule has 1 aliphatic heterocycles. The fraction of sp³-hybridized carbons (Fsp3) is 0.455. The smallest absolute Gasteiger partial charge is 0.243 e. The molecule has 1 heterocycles. The highest BCUT2D eigenvalue weighted by atomic mass is 35.5. The Morgan fingerprint density at radius 1 is 0.925 bits per heavy atom. The van der Waals surface area contributed by atoms with Crippen molar-refractivity contribution in [1.82, 2.24) is 9.21 Å². The van der Waals surface area contributed by atoms with Gasteiger partial charge in [0.05, 0.1) is 10.5 Å². The summed E-state index contributed by atoms with van der Waals surface area (Å²) in [5.41, 5.74) is 2.02. The standard InChI is InChI=1S/C33H41ClN2O3S/c1-35(40(38,39)31-16-14-29(34)15-17-31)30-23-28(32(24-30)27-12-6-3-7-13-27)25-36-21-19-33(37,20-22-36)18-8-11-26-9-4-2-5-10-26/h2-7,9-10,12-17,28,30,32,37H,8,11,18-25H2,1H3/t28-,30?,32-/m1/s1. The quantitative estimate of drug-likeness (QED) is 0.303. The lowest BCUT2D eigenvalue weighted by Crippen LogP contribution is -2.46. The van der Waals surface area contributed by atoms with E-state index < -0.39 is 15.6 Å². The van der Waals surface area contributed by atoms with E-state index >= 15 is 0 Å². The minimum Gasteiger partial charge on any atom is -0.390 e. The van der Waals surface area contributed by atoms with Crippen LogP contribution in [-0.4, -0.2) is 61.1 Å². The zero-order chi connectivity index (χ0) is 28.2. The van der Waals surface area contributed by atoms with Gasteiger partial charge in [0.15, 0.2) is 0 Å². The van der Waals surface area contributed by atoms with Gasteiger partial charge in [0, 0.05) is 37.7 Å². The Kier molecular flexibility index (Phi) is 9.33. The van der Waals surface area contributed by atoms with Crippen molar-refractivity contribution in [3.63, 3.8) is 0 Å². The van der Waals surface area contributed by atoms with Gasteiger partial charge < -0.3 is 10.0 Å². The number of hydrogen-bond donors (Lipinski definition) is 1. The lowest BCUT2D eigenvalue weighted by Gasteiger charge is -2.40. The summed E-state index contributed by atoms with van der Waals surface area (Å²) >= 11 is 6.01. The summed E-state index contributed by atoms with van der Waals surface area (Å²) in [4.78, 5) is 2.77. The van der Waals surface area contributed by atoms with Crippen LogP contribution in [-0.2, 0) is 16.4 Å². The van der Waals surface area contributed by atoms with E-state index in [0.717, 1.165) is 64.6 Å². The van der Waals surface area contributed by atoms with Gasteiger partial charge in [-0.1, -0.05) is 72.3 Å². The van der Waals surface area contributed by atoms with Gasteiger partial charge in [0.25, 0.3) is 0 Å². The second-order valence-corrected chi connectivity index (χ2v) is 14.2. The molecule has 5 nitrogen and oxygen atoms in total. The van der Waals surface area contributed by atoms with Crippen LogP contribution in [0, 0.1) is 5.92 Å². The normalized spacial score (nSPS) is 23.4. The molecule has 1 aliphatic carbocycles. The molecule has 1 unspecified atom stereocenters. The molecule has 1 saturated carbocycles. The van der Waals surface area contributed by atoms with Crippen molar-refractivity contribution in [2.45, 2.75) is 67.4 Å². The van der Waals surface area contributed by atoms with E-state index in [4.69, 9.17) is 11.6 Å². The molecule has 1 saturated heterocycles. The predicted octanol–water partition coefficient (Wildman–Crippen LogP) is 6.37. The molecule has 2 aliphatic rings. The first kappa shape index (κ1) is 29.3. The topological polar surface area (TPSA) is 60.9 Å². The molecule has 0 amide bonds. The minimum absolute atomic E-state index is 0.0735. The van der Waals surface area contributed by atoms with Gasteiger partial charge in [0.1, 0.15) is 0 Å². The summed E-state index contributed by atoms with van der Waals surface area (Å²) in [7, 11) is -1.90. The van der Waals surface area contributed by atoms with E-state index in [1.54, 1.807) is 35.6 Å². The van der Waals surface area contributed by atoms with Crippen molar-refractivity contribution in [2.75, 3.05) is 26.7 Å². The number of likely N-dealkylation sites (tertiary alicyclic amines) is 1. The van der Waals surface area contributed by atoms with Gasteiger partial charge in [0.2, 0.25) is 10.0 Å². The highest BCUT2D eigenvalue weighted by Gasteiger charge is 2.42. The summed E-state index contributed by atoms with van der Waals surface area (Å²) < 4.78 is 28.5. The SMILES string of the molecule is CN(C1C[C@H](CN2CCC(O)(CCCc3ccccc3)CC2)[C@@H](c2ccccc2)C1)S(=O)(=O)c1ccc(Cl)cc1. The molecule has 0 radical (unpaired) electrons. The summed E-state index contributed by atoms with van der Waals surface area (Å²) in [6.07, 6.45) is 6.03. The Balaban J connectivity index is 1.22. The van der Waals surface area contributed by atoms with Crippen molar-refractivity contribution >= 4 is 21.6 Å². The summed E-state index contributed by atoms with van der Waals surface area (Å²) in [5.74, 6) is 0.639. The van der Waals surface area contributed by atoms with Crippen molar-refractivity contribution in [3.05, 3.63) is 101 Å². The molecule has 0 bridgehead atoms. The summed E-state index contributed by atoms with van der Waals surface area (Å²) in [5, 5.41) is 11.8. The van der Waals surface area contributed by atoms with Crippen LogP contribution in [0.2, 0.25) is 5.02 Å². The fourth-order valence-corrected chi connectivity index (χ4v) is 8.17. The average molecular weight is 581 g/mol. The Morgan fingerprint density at radius 3 is 2.20 bits per heavy atom. The number of benzene rings is 3. The monoisotopic (exact) mass is 580 g/mol. The van der Waals surface area contributed by atoms with Crippen LogP contribution >= 0.6 is 11.6 Å². The molecular weight excluding hydrogens is 540 g/mol. The first-order chi connectivity index (χ1) is 19.2. The Hall–Kier alpha value is -2.22. The van der Waals surface area contributed by atoms with Crippen LogP contribution in [0.25, 0.3) is 0 Å². The van der Waals surface area contributed by atoms with Crippen LogP contribution in [0.15, 0.2) is 89.8 Å². The first-order valence-corrected chi connectivity index (χ1v) is 16.3. The number of halogens is 1. The highest BCUT2D eigenvalue weighted by Crippen LogP contribution is 2.43. The zero-order valence-electron chi connectivity index (χ0n) is 23.3. The van der Waals surface area contributed by atoms with Crippen molar-refractivity contribution in [3.8, 4) is 0 Å². The third-order valence-electron chi connectivity index (χ3n) is 9.13. The third kappa shape index (κ3) is 6.97. The molecule has 214 valence electrons. The minimum atomic E-state index is -3.62. The number of aryl methyl sites for hydroxylation is 1. The van der Waals surface area contributed by atoms with Crippen LogP contribution in [0.5, 0.6) is 0 Å². The molecule has 0 aromatic heterocycles. The van der Waals surface area contributed by atoms with Crippen LogP contribution < -0.4 is 0 Å². The van der Waals surface area contributed by atoms with E-state index in [1.165, 1.54) is 11.1 Å². The lowest BCUT2D eigenvalue weighted by atomic mass is 9.84. The molecular formula is C33H41ClN2O3S. The number of aliphatic hydroxyl groups is 1. The molecule has 3 aromatic rings. The van der Waals surface area contributed by atoms with Gasteiger partial charge in [-0.15, -0.1) is 0 Å². The highest BCUT2D eigenvalue weighted by molar-refractivity contribution is 7.89. The van der Waals surface area contributed by atoms with Crippen LogP contribution in [0.4, 0.5) is 0 Å². The number of rotatable bonds is 10. The number of sulfonamides is 1. The molecule has 1 N–H and O–H groups in total. The van der Waals surface area contributed by atoms with Gasteiger partial charge in [-0.05, 0) is 92.2 Å². The van der Waals surface area contributed by atoms with Gasteiger partial charge in [-0.3, -0.25) is 0 Å². The summed E-state index contributed by atoms with van der Waals surface area (Å²) in [6, 6.07) is 27.4. The molecule has 2 fully saturated rings. The van der Waals surface area contributed by atoms with Crippen molar-refractivity contribution in [1.29, 1.82) is 0 Å². The molecule has 7 heteroatoms. The number of hydrogen-bond acceptors (Lipinski definition) is 4. The predicted molar refractivity (Wildman–Crippen MR) is 162 cm³/mol.